The summed E-state index contributed by atoms with van der Waals surface area (Å²) in [6.07, 6.45) is 0. The third kappa shape index (κ3) is 1.14. The molecule has 0 radical (unpaired) electrons. The van der Waals surface area contributed by atoms with Crippen LogP contribution in [0.5, 0.6) is 0 Å². The zero-order valence-corrected chi connectivity index (χ0v) is 8.62. The molecule has 3 rings (SSSR count). The van der Waals surface area contributed by atoms with Crippen LogP contribution in [0.15, 0.2) is 0 Å². The Morgan fingerprint density at radius 1 is 0.714 bits per heavy atom. The van der Waals surface area contributed by atoms with Gasteiger partial charge in [-0.05, 0) is 14.1 Å². The maximum absolute atomic E-state index is 4.69. The molecule has 0 spiro atoms. The van der Waals surface area contributed by atoms with Crippen molar-refractivity contribution in [1.82, 2.24) is 19.8 Å². The van der Waals surface area contributed by atoms with Gasteiger partial charge in [-0.2, -0.15) is 0 Å². The molecule has 0 saturated heterocycles. The Balaban J connectivity index is 2.05. The Bertz CT molecular complexity index is 320. The van der Waals surface area contributed by atoms with Crippen LogP contribution in [-0.4, -0.2) is 33.9 Å². The highest BCUT2D eigenvalue weighted by Crippen LogP contribution is 2.23. The van der Waals surface area contributed by atoms with E-state index in [4.69, 9.17) is 0 Å². The van der Waals surface area contributed by atoms with Crippen LogP contribution in [0.2, 0.25) is 0 Å². The Hall–Kier alpha value is -1.00. The van der Waals surface area contributed by atoms with Gasteiger partial charge in [0.25, 0.3) is 0 Å². The largest absolute Gasteiger partial charge is 0.295 e. The standard InChI is InChI=1S/C10H14N4/c1-13-3-7-8(4-13)12-10-6-14(2)5-9(10)11-7/h3-6H2,1-2H3. The molecule has 0 bridgehead atoms. The van der Waals surface area contributed by atoms with Crippen LogP contribution in [0, 0.1) is 0 Å². The summed E-state index contributed by atoms with van der Waals surface area (Å²) in [6, 6.07) is 0. The number of rotatable bonds is 0. The Morgan fingerprint density at radius 2 is 1.00 bits per heavy atom. The molecule has 0 saturated carbocycles. The summed E-state index contributed by atoms with van der Waals surface area (Å²) in [5, 5.41) is 0. The van der Waals surface area contributed by atoms with Gasteiger partial charge in [0.2, 0.25) is 0 Å². The van der Waals surface area contributed by atoms with E-state index in [2.05, 4.69) is 33.9 Å². The third-order valence-corrected chi connectivity index (χ3v) is 2.88. The smallest absolute Gasteiger partial charge is 0.0776 e. The fourth-order valence-electron chi connectivity index (χ4n) is 2.22. The van der Waals surface area contributed by atoms with E-state index in [1.807, 2.05) is 0 Å². The Labute approximate surface area is 83.6 Å². The zero-order chi connectivity index (χ0) is 9.71. The van der Waals surface area contributed by atoms with Gasteiger partial charge in [0.1, 0.15) is 0 Å². The second kappa shape index (κ2) is 2.74. The van der Waals surface area contributed by atoms with Crippen LogP contribution in [0.3, 0.4) is 0 Å². The molecule has 0 fully saturated rings. The molecule has 3 heterocycles. The van der Waals surface area contributed by atoms with E-state index >= 15 is 0 Å². The van der Waals surface area contributed by atoms with E-state index in [0.29, 0.717) is 0 Å². The van der Waals surface area contributed by atoms with Crippen molar-refractivity contribution in [2.24, 2.45) is 0 Å². The lowest BCUT2D eigenvalue weighted by atomic mass is 10.3. The van der Waals surface area contributed by atoms with E-state index < -0.39 is 0 Å². The summed E-state index contributed by atoms with van der Waals surface area (Å²) in [5.41, 5.74) is 4.73. The molecule has 4 heteroatoms. The first-order valence-corrected chi connectivity index (χ1v) is 4.97. The summed E-state index contributed by atoms with van der Waals surface area (Å²) in [7, 11) is 4.22. The number of aromatic nitrogens is 2. The van der Waals surface area contributed by atoms with Gasteiger partial charge in [-0.3, -0.25) is 19.8 Å². The van der Waals surface area contributed by atoms with Crippen molar-refractivity contribution in [2.45, 2.75) is 26.2 Å². The molecular formula is C10H14N4. The van der Waals surface area contributed by atoms with Gasteiger partial charge in [-0.1, -0.05) is 0 Å². The van der Waals surface area contributed by atoms with Gasteiger partial charge >= 0.3 is 0 Å². The molecule has 1 aromatic heterocycles. The molecule has 0 N–H and O–H groups in total. The highest BCUT2D eigenvalue weighted by Gasteiger charge is 2.25. The molecule has 0 aromatic carbocycles. The van der Waals surface area contributed by atoms with Crippen molar-refractivity contribution >= 4 is 0 Å². The molecule has 0 amide bonds. The van der Waals surface area contributed by atoms with Crippen LogP contribution in [0.1, 0.15) is 22.8 Å². The molecule has 2 aliphatic rings. The first-order valence-electron chi connectivity index (χ1n) is 4.97. The molecule has 0 atom stereocenters. The number of nitrogens with zero attached hydrogens (tertiary/aromatic N) is 4. The van der Waals surface area contributed by atoms with Crippen molar-refractivity contribution in [3.63, 3.8) is 0 Å². The Kier molecular flexibility index (Phi) is 1.63. The van der Waals surface area contributed by atoms with E-state index in [1.54, 1.807) is 0 Å². The fourth-order valence-corrected chi connectivity index (χ4v) is 2.22. The number of hydrogen-bond acceptors (Lipinski definition) is 4. The van der Waals surface area contributed by atoms with Gasteiger partial charge in [0.15, 0.2) is 0 Å². The SMILES string of the molecule is CN1Cc2nc3c(nc2C1)CN(C)C3. The normalized spacial score (nSPS) is 21.3. The Morgan fingerprint density at radius 3 is 1.29 bits per heavy atom. The number of hydrogen-bond donors (Lipinski definition) is 0. The van der Waals surface area contributed by atoms with Crippen LogP contribution >= 0.6 is 0 Å². The predicted molar refractivity (Wildman–Crippen MR) is 52.4 cm³/mol. The first-order chi connectivity index (χ1) is 6.72. The third-order valence-electron chi connectivity index (χ3n) is 2.88. The molecule has 2 aliphatic heterocycles. The van der Waals surface area contributed by atoms with Gasteiger partial charge < -0.3 is 0 Å². The van der Waals surface area contributed by atoms with Crippen molar-refractivity contribution < 1.29 is 0 Å². The summed E-state index contributed by atoms with van der Waals surface area (Å²) in [4.78, 5) is 13.9. The summed E-state index contributed by atoms with van der Waals surface area (Å²) in [5.74, 6) is 0. The summed E-state index contributed by atoms with van der Waals surface area (Å²) in [6.45, 7) is 3.83. The lowest BCUT2D eigenvalue weighted by Gasteiger charge is -2.03. The quantitative estimate of drug-likeness (QED) is 0.591. The maximum atomic E-state index is 4.69. The minimum absolute atomic E-state index is 0.958. The van der Waals surface area contributed by atoms with Crippen molar-refractivity contribution in [3.8, 4) is 0 Å². The van der Waals surface area contributed by atoms with Crippen molar-refractivity contribution in [1.29, 1.82) is 0 Å². The lowest BCUT2D eigenvalue weighted by molar-refractivity contribution is 0.340. The molecule has 1 aromatic rings. The highest BCUT2D eigenvalue weighted by atomic mass is 15.2. The molecule has 4 nitrogen and oxygen atoms in total. The first kappa shape index (κ1) is 8.32. The van der Waals surface area contributed by atoms with Crippen molar-refractivity contribution in [2.75, 3.05) is 14.1 Å². The van der Waals surface area contributed by atoms with E-state index in [1.165, 1.54) is 22.8 Å². The van der Waals surface area contributed by atoms with Crippen LogP contribution in [-0.2, 0) is 26.2 Å². The monoisotopic (exact) mass is 190 g/mol. The van der Waals surface area contributed by atoms with Gasteiger partial charge in [0.05, 0.1) is 22.8 Å². The molecule has 74 valence electrons. The van der Waals surface area contributed by atoms with E-state index in [0.717, 1.165) is 26.2 Å². The molecular weight excluding hydrogens is 176 g/mol. The lowest BCUT2D eigenvalue weighted by Crippen LogP contribution is -2.09. The highest BCUT2D eigenvalue weighted by molar-refractivity contribution is 5.25. The average Bonchev–Trinajstić information content (AvgIpc) is 2.59. The predicted octanol–water partition coefficient (Wildman–Crippen LogP) is 0.367. The molecule has 0 aliphatic carbocycles. The second-order valence-corrected chi connectivity index (χ2v) is 4.35. The topological polar surface area (TPSA) is 32.3 Å². The van der Waals surface area contributed by atoms with Gasteiger partial charge in [0, 0.05) is 26.2 Å². The van der Waals surface area contributed by atoms with Gasteiger partial charge in [-0.25, -0.2) is 0 Å². The van der Waals surface area contributed by atoms with Gasteiger partial charge in [-0.15, -0.1) is 0 Å². The average molecular weight is 190 g/mol. The summed E-state index contributed by atoms with van der Waals surface area (Å²) >= 11 is 0. The minimum Gasteiger partial charge on any atom is -0.295 e. The molecule has 14 heavy (non-hydrogen) atoms. The maximum Gasteiger partial charge on any atom is 0.0776 e. The summed E-state index contributed by atoms with van der Waals surface area (Å²) < 4.78 is 0. The van der Waals surface area contributed by atoms with Crippen LogP contribution in [0.4, 0.5) is 0 Å². The number of fused-ring (bicyclic) bond motifs is 2. The second-order valence-electron chi connectivity index (χ2n) is 4.35. The minimum atomic E-state index is 0.958. The van der Waals surface area contributed by atoms with Crippen LogP contribution in [0.25, 0.3) is 0 Å². The zero-order valence-electron chi connectivity index (χ0n) is 8.62. The van der Waals surface area contributed by atoms with E-state index in [9.17, 15) is 0 Å². The van der Waals surface area contributed by atoms with Crippen LogP contribution < -0.4 is 0 Å². The van der Waals surface area contributed by atoms with E-state index in [-0.39, 0.29) is 0 Å². The van der Waals surface area contributed by atoms with Crippen molar-refractivity contribution in [3.05, 3.63) is 22.8 Å². The molecule has 0 unspecified atom stereocenters. The fraction of sp³-hybridized carbons (Fsp3) is 0.600.